The van der Waals surface area contributed by atoms with Gasteiger partial charge in [-0.2, -0.15) is 0 Å². The smallest absolute Gasteiger partial charge is 0.158 e. The van der Waals surface area contributed by atoms with E-state index in [0.717, 1.165) is 0 Å². The average molecular weight is 180 g/mol. The maximum absolute atomic E-state index is 10.7. The van der Waals surface area contributed by atoms with Crippen LogP contribution in [0.2, 0.25) is 0 Å². The van der Waals surface area contributed by atoms with Crippen molar-refractivity contribution in [2.24, 2.45) is 0 Å². The van der Waals surface area contributed by atoms with Crippen LogP contribution in [0.1, 0.15) is 12.5 Å². The molecule has 0 saturated carbocycles. The van der Waals surface area contributed by atoms with Crippen LogP contribution in [0.15, 0.2) is 24.3 Å². The molecule has 0 fully saturated rings. The van der Waals surface area contributed by atoms with Gasteiger partial charge in [-0.15, -0.1) is 0 Å². The van der Waals surface area contributed by atoms with Gasteiger partial charge in [0.05, 0.1) is 0 Å². The van der Waals surface area contributed by atoms with Gasteiger partial charge >= 0.3 is 0 Å². The van der Waals surface area contributed by atoms with Crippen molar-refractivity contribution in [3.63, 3.8) is 0 Å². The Bertz CT molecular complexity index is 307. The van der Waals surface area contributed by atoms with E-state index < -0.39 is 6.10 Å². The van der Waals surface area contributed by atoms with Crippen LogP contribution in [-0.4, -0.2) is 22.1 Å². The Hall–Kier alpha value is -1.35. The largest absolute Gasteiger partial charge is 0.508 e. The molecule has 0 heterocycles. The quantitative estimate of drug-likeness (QED) is 0.726. The number of rotatable bonds is 3. The number of aliphatic hydroxyl groups excluding tert-OH is 1. The molecule has 0 aliphatic heterocycles. The molecule has 3 heteroatoms. The highest BCUT2D eigenvalue weighted by Gasteiger charge is 2.12. The highest BCUT2D eigenvalue weighted by molar-refractivity contribution is 5.80. The molecule has 0 spiro atoms. The fourth-order valence-electron chi connectivity index (χ4n) is 1.04. The molecular weight excluding hydrogens is 168 g/mol. The summed E-state index contributed by atoms with van der Waals surface area (Å²) in [4.78, 5) is 10.7. The molecule has 0 bridgehead atoms. The summed E-state index contributed by atoms with van der Waals surface area (Å²) in [5.41, 5.74) is 0.588. The van der Waals surface area contributed by atoms with E-state index in [9.17, 15) is 15.0 Å². The van der Waals surface area contributed by atoms with Gasteiger partial charge in [0.1, 0.15) is 11.9 Å². The molecule has 1 atom stereocenters. The van der Waals surface area contributed by atoms with E-state index in [1.54, 1.807) is 18.2 Å². The zero-order chi connectivity index (χ0) is 9.84. The monoisotopic (exact) mass is 180 g/mol. The molecule has 70 valence electrons. The summed E-state index contributed by atoms with van der Waals surface area (Å²) in [6.07, 6.45) is -0.851. The fourth-order valence-corrected chi connectivity index (χ4v) is 1.04. The van der Waals surface area contributed by atoms with Crippen molar-refractivity contribution < 1.29 is 15.0 Å². The zero-order valence-electron chi connectivity index (χ0n) is 7.40. The lowest BCUT2D eigenvalue weighted by Crippen LogP contribution is -2.19. The van der Waals surface area contributed by atoms with E-state index in [0.29, 0.717) is 5.56 Å². The summed E-state index contributed by atoms with van der Waals surface area (Å²) in [7, 11) is 0. The predicted octanol–water partition coefficient (Wildman–Crippen LogP) is 0.885. The molecule has 0 aliphatic rings. The van der Waals surface area contributed by atoms with Crippen LogP contribution in [0.3, 0.4) is 0 Å². The predicted molar refractivity (Wildman–Crippen MR) is 48.5 cm³/mol. The summed E-state index contributed by atoms with van der Waals surface area (Å²) >= 11 is 0. The van der Waals surface area contributed by atoms with Crippen LogP contribution in [0.4, 0.5) is 0 Å². The van der Waals surface area contributed by atoms with E-state index in [1.807, 2.05) is 0 Å². The number of Topliss-reactive ketones (excluding diaryl/α,β-unsaturated/α-hetero) is 1. The normalized spacial score (nSPS) is 12.5. The highest BCUT2D eigenvalue weighted by Crippen LogP contribution is 2.17. The second kappa shape index (κ2) is 4.05. The second-order valence-corrected chi connectivity index (χ2v) is 2.96. The summed E-state index contributed by atoms with van der Waals surface area (Å²) in [5, 5.41) is 18.6. The van der Waals surface area contributed by atoms with E-state index in [2.05, 4.69) is 0 Å². The first-order valence-corrected chi connectivity index (χ1v) is 4.06. The number of hydrogen-bond acceptors (Lipinski definition) is 3. The number of hydrogen-bond donors (Lipinski definition) is 2. The summed E-state index contributed by atoms with van der Waals surface area (Å²) in [6, 6.07) is 6.66. The van der Waals surface area contributed by atoms with Crippen molar-refractivity contribution in [3.05, 3.63) is 29.8 Å². The number of benzene rings is 1. The standard InChI is InChI=1S/C10H12O3/c1-7(11)10(13)6-8-4-2-3-5-9(8)12/h2-5,10,12-13H,6H2,1H3. The number of carbonyl (C=O) groups excluding carboxylic acids is 1. The van der Waals surface area contributed by atoms with Crippen molar-refractivity contribution in [2.45, 2.75) is 19.4 Å². The summed E-state index contributed by atoms with van der Waals surface area (Å²) in [6.45, 7) is 1.32. The van der Waals surface area contributed by atoms with Gasteiger partial charge in [-0.05, 0) is 18.6 Å². The van der Waals surface area contributed by atoms with Crippen molar-refractivity contribution in [1.29, 1.82) is 0 Å². The first-order chi connectivity index (χ1) is 6.11. The van der Waals surface area contributed by atoms with Crippen molar-refractivity contribution >= 4 is 5.78 Å². The molecule has 1 aromatic carbocycles. The number of para-hydroxylation sites is 1. The van der Waals surface area contributed by atoms with Crippen LogP contribution in [0, 0.1) is 0 Å². The van der Waals surface area contributed by atoms with Gasteiger partial charge in [-0.3, -0.25) is 4.79 Å². The molecule has 3 nitrogen and oxygen atoms in total. The number of carbonyl (C=O) groups is 1. The molecule has 13 heavy (non-hydrogen) atoms. The van der Waals surface area contributed by atoms with Crippen LogP contribution in [-0.2, 0) is 11.2 Å². The Morgan fingerprint density at radius 2 is 2.08 bits per heavy atom. The van der Waals surface area contributed by atoms with Gasteiger partial charge in [0.25, 0.3) is 0 Å². The topological polar surface area (TPSA) is 57.5 Å². The van der Waals surface area contributed by atoms with Crippen LogP contribution >= 0.6 is 0 Å². The van der Waals surface area contributed by atoms with Gasteiger partial charge in [-0.1, -0.05) is 18.2 Å². The molecule has 0 radical (unpaired) electrons. The van der Waals surface area contributed by atoms with Crippen molar-refractivity contribution in [2.75, 3.05) is 0 Å². The lowest BCUT2D eigenvalue weighted by atomic mass is 10.0. The molecule has 2 N–H and O–H groups in total. The van der Waals surface area contributed by atoms with Gasteiger partial charge < -0.3 is 10.2 Å². The Balaban J connectivity index is 2.74. The van der Waals surface area contributed by atoms with Gasteiger partial charge in [0, 0.05) is 6.42 Å². The third-order valence-electron chi connectivity index (χ3n) is 1.87. The van der Waals surface area contributed by atoms with E-state index in [-0.39, 0.29) is 18.0 Å². The van der Waals surface area contributed by atoms with Crippen LogP contribution in [0.25, 0.3) is 0 Å². The van der Waals surface area contributed by atoms with E-state index >= 15 is 0 Å². The lowest BCUT2D eigenvalue weighted by Gasteiger charge is -2.07. The SMILES string of the molecule is CC(=O)C(O)Cc1ccccc1O. The van der Waals surface area contributed by atoms with Gasteiger partial charge in [0.2, 0.25) is 0 Å². The molecule has 0 saturated heterocycles. The Labute approximate surface area is 76.6 Å². The molecule has 0 aliphatic carbocycles. The summed E-state index contributed by atoms with van der Waals surface area (Å²) in [5.74, 6) is -0.175. The van der Waals surface area contributed by atoms with Crippen LogP contribution in [0.5, 0.6) is 5.75 Å². The molecular formula is C10H12O3. The third-order valence-corrected chi connectivity index (χ3v) is 1.87. The van der Waals surface area contributed by atoms with Gasteiger partial charge in [0.15, 0.2) is 5.78 Å². The fraction of sp³-hybridized carbons (Fsp3) is 0.300. The first-order valence-electron chi connectivity index (χ1n) is 4.06. The maximum atomic E-state index is 10.7. The number of phenols is 1. The second-order valence-electron chi connectivity index (χ2n) is 2.96. The maximum Gasteiger partial charge on any atom is 0.158 e. The van der Waals surface area contributed by atoms with Crippen molar-refractivity contribution in [3.8, 4) is 5.75 Å². The van der Waals surface area contributed by atoms with E-state index in [4.69, 9.17) is 0 Å². The highest BCUT2D eigenvalue weighted by atomic mass is 16.3. The Morgan fingerprint density at radius 3 is 2.62 bits per heavy atom. The Morgan fingerprint density at radius 1 is 1.46 bits per heavy atom. The van der Waals surface area contributed by atoms with Crippen LogP contribution < -0.4 is 0 Å². The van der Waals surface area contributed by atoms with E-state index in [1.165, 1.54) is 13.0 Å². The molecule has 1 unspecified atom stereocenters. The number of aliphatic hydroxyl groups is 1. The molecule has 0 amide bonds. The average Bonchev–Trinajstić information content (AvgIpc) is 2.08. The lowest BCUT2D eigenvalue weighted by molar-refractivity contribution is -0.124. The number of aromatic hydroxyl groups is 1. The minimum atomic E-state index is -1.02. The molecule has 1 aromatic rings. The minimum absolute atomic E-state index is 0.114. The third kappa shape index (κ3) is 2.56. The summed E-state index contributed by atoms with van der Waals surface area (Å²) < 4.78 is 0. The van der Waals surface area contributed by atoms with Gasteiger partial charge in [-0.25, -0.2) is 0 Å². The Kier molecular flexibility index (Phi) is 3.03. The van der Waals surface area contributed by atoms with Crippen molar-refractivity contribution in [1.82, 2.24) is 0 Å². The zero-order valence-corrected chi connectivity index (χ0v) is 7.40. The number of phenolic OH excluding ortho intramolecular Hbond substituents is 1. The molecule has 0 aromatic heterocycles. The number of ketones is 1. The molecule has 1 rings (SSSR count). The minimum Gasteiger partial charge on any atom is -0.508 e. The first kappa shape index (κ1) is 9.74.